The molecule has 28 heavy (non-hydrogen) atoms. The summed E-state index contributed by atoms with van der Waals surface area (Å²) in [6.07, 6.45) is 17.2. The highest BCUT2D eigenvalue weighted by Gasteiger charge is 2.06. The number of methoxy groups -OCH3 is 1. The minimum Gasteiger partial charge on any atom is -0.467 e. The first-order valence-electron chi connectivity index (χ1n) is 10.3. The molecule has 2 aromatic heterocycles. The normalized spacial score (nSPS) is 10.9. The first-order valence-corrected chi connectivity index (χ1v) is 10.7. The number of nitrogens with zero attached hydrogens (tertiary/aromatic N) is 3. The second-order valence-electron chi connectivity index (χ2n) is 7.19. The Bertz CT molecular complexity index is 814. The Labute approximate surface area is 172 Å². The average Bonchev–Trinajstić information content (AvgIpc) is 2.70. The van der Waals surface area contributed by atoms with Crippen LogP contribution in [0.2, 0.25) is 0 Å². The van der Waals surface area contributed by atoms with E-state index < -0.39 is 0 Å². The van der Waals surface area contributed by atoms with Crippen molar-refractivity contribution in [2.45, 2.75) is 77.7 Å². The summed E-state index contributed by atoms with van der Waals surface area (Å²) in [5.41, 5.74) is 1.38. The van der Waals surface area contributed by atoms with Crippen LogP contribution in [0.25, 0.3) is 0 Å². The minimum atomic E-state index is -0.149. The summed E-state index contributed by atoms with van der Waals surface area (Å²) >= 11 is 5.32. The molecule has 0 aliphatic carbocycles. The van der Waals surface area contributed by atoms with Crippen LogP contribution in [-0.2, 0) is 13.0 Å². The summed E-state index contributed by atoms with van der Waals surface area (Å²) in [5.74, 6) is 0. The van der Waals surface area contributed by atoms with Crippen LogP contribution in [-0.4, -0.2) is 26.6 Å². The molecule has 1 N–H and O–H groups in total. The van der Waals surface area contributed by atoms with Crippen molar-refractivity contribution in [1.82, 2.24) is 19.5 Å². The summed E-state index contributed by atoms with van der Waals surface area (Å²) in [6.45, 7) is 3.08. The van der Waals surface area contributed by atoms with E-state index in [0.29, 0.717) is 22.8 Å². The zero-order valence-corrected chi connectivity index (χ0v) is 17.9. The summed E-state index contributed by atoms with van der Waals surface area (Å²) in [6, 6.07) is 0.319. The Morgan fingerprint density at radius 3 is 2.25 bits per heavy atom. The topological polar surface area (TPSA) is 72.8 Å². The molecular formula is C21H32N4O2S. The molecule has 0 radical (unpaired) electrons. The lowest BCUT2D eigenvalue weighted by Crippen LogP contribution is -2.18. The monoisotopic (exact) mass is 404 g/mol. The number of aromatic amines is 1. The van der Waals surface area contributed by atoms with Gasteiger partial charge >= 0.3 is 6.01 Å². The van der Waals surface area contributed by atoms with Crippen molar-refractivity contribution in [3.63, 3.8) is 0 Å². The van der Waals surface area contributed by atoms with Crippen LogP contribution < -0.4 is 10.3 Å². The number of H-pyrrole nitrogens is 1. The van der Waals surface area contributed by atoms with E-state index in [4.69, 9.17) is 17.0 Å². The fourth-order valence-electron chi connectivity index (χ4n) is 3.20. The lowest BCUT2D eigenvalue weighted by molar-refractivity contribution is 0.379. The predicted octanol–water partition coefficient (Wildman–Crippen LogP) is 4.83. The van der Waals surface area contributed by atoms with E-state index in [1.807, 2.05) is 10.8 Å². The molecule has 0 saturated carbocycles. The van der Waals surface area contributed by atoms with E-state index in [9.17, 15) is 4.79 Å². The molecule has 0 spiro atoms. The van der Waals surface area contributed by atoms with Crippen LogP contribution in [0.3, 0.4) is 0 Å². The maximum absolute atomic E-state index is 12.2. The molecule has 6 nitrogen and oxygen atoms in total. The van der Waals surface area contributed by atoms with Crippen molar-refractivity contribution in [2.75, 3.05) is 7.11 Å². The van der Waals surface area contributed by atoms with E-state index in [2.05, 4.69) is 21.9 Å². The van der Waals surface area contributed by atoms with Gasteiger partial charge in [0.2, 0.25) is 0 Å². The third kappa shape index (κ3) is 7.54. The van der Waals surface area contributed by atoms with Gasteiger partial charge in [0, 0.05) is 37.1 Å². The van der Waals surface area contributed by atoms with Crippen LogP contribution in [0.1, 0.15) is 75.8 Å². The molecule has 2 aromatic rings. The molecule has 0 unspecified atom stereocenters. The van der Waals surface area contributed by atoms with Crippen LogP contribution in [0, 0.1) is 4.77 Å². The van der Waals surface area contributed by atoms with Crippen molar-refractivity contribution in [1.29, 1.82) is 0 Å². The zero-order chi connectivity index (χ0) is 20.2. The smallest absolute Gasteiger partial charge is 0.316 e. The highest BCUT2D eigenvalue weighted by Crippen LogP contribution is 2.11. The van der Waals surface area contributed by atoms with Gasteiger partial charge < -0.3 is 9.30 Å². The van der Waals surface area contributed by atoms with Gasteiger partial charge in [-0.15, -0.1) is 0 Å². The number of ether oxygens (including phenoxy) is 1. The summed E-state index contributed by atoms with van der Waals surface area (Å²) < 4.78 is 7.42. The number of aromatic nitrogens is 4. The van der Waals surface area contributed by atoms with Crippen LogP contribution >= 0.6 is 12.2 Å². The lowest BCUT2D eigenvalue weighted by Gasteiger charge is -2.09. The molecule has 2 heterocycles. The predicted molar refractivity (Wildman–Crippen MR) is 115 cm³/mol. The molecule has 2 rings (SSSR count). The van der Waals surface area contributed by atoms with E-state index in [1.165, 1.54) is 58.5 Å². The molecule has 0 amide bonds. The van der Waals surface area contributed by atoms with Crippen LogP contribution in [0.15, 0.2) is 23.4 Å². The molecule has 7 heteroatoms. The van der Waals surface area contributed by atoms with E-state index in [-0.39, 0.29) is 5.56 Å². The molecule has 0 aromatic carbocycles. The van der Waals surface area contributed by atoms with E-state index in [0.717, 1.165) is 18.5 Å². The average molecular weight is 405 g/mol. The lowest BCUT2D eigenvalue weighted by atomic mass is 10.1. The number of hydrogen-bond donors (Lipinski definition) is 1. The Kier molecular flexibility index (Phi) is 9.90. The number of rotatable bonds is 13. The van der Waals surface area contributed by atoms with Gasteiger partial charge in [-0.2, -0.15) is 0 Å². The SMILES string of the molecule is CCCCCCCCCCCn1cc(Cc2cnc(OC)nc2)c(=O)[nH]c1=S. The Morgan fingerprint density at radius 1 is 1.04 bits per heavy atom. The van der Waals surface area contributed by atoms with Crippen LogP contribution in [0.4, 0.5) is 0 Å². The van der Waals surface area contributed by atoms with Gasteiger partial charge in [-0.1, -0.05) is 58.3 Å². The summed E-state index contributed by atoms with van der Waals surface area (Å²) in [4.78, 5) is 23.2. The van der Waals surface area contributed by atoms with Gasteiger partial charge in [0.15, 0.2) is 4.77 Å². The number of hydrogen-bond acceptors (Lipinski definition) is 5. The second kappa shape index (κ2) is 12.4. The molecule has 0 aliphatic heterocycles. The van der Waals surface area contributed by atoms with Gasteiger partial charge in [-0.05, 0) is 24.2 Å². The summed E-state index contributed by atoms with van der Waals surface area (Å²) in [7, 11) is 1.53. The standard InChI is InChI=1S/C21H32N4O2S/c1-3-4-5-6-7-8-9-10-11-12-25-16-18(19(26)24-21(25)28)13-17-14-22-20(27-2)23-15-17/h14-16H,3-13H2,1-2H3,(H,24,26,28). The molecule has 0 fully saturated rings. The third-order valence-electron chi connectivity index (χ3n) is 4.85. The summed E-state index contributed by atoms with van der Waals surface area (Å²) in [5, 5.41) is 0. The molecule has 0 atom stereocenters. The van der Waals surface area contributed by atoms with Gasteiger partial charge in [0.05, 0.1) is 7.11 Å². The van der Waals surface area contributed by atoms with Crippen molar-refractivity contribution in [3.8, 4) is 6.01 Å². The molecule has 0 bridgehead atoms. The maximum Gasteiger partial charge on any atom is 0.316 e. The van der Waals surface area contributed by atoms with Crippen molar-refractivity contribution in [3.05, 3.63) is 44.8 Å². The fourth-order valence-corrected chi connectivity index (χ4v) is 3.44. The minimum absolute atomic E-state index is 0.149. The van der Waals surface area contributed by atoms with Crippen molar-refractivity contribution >= 4 is 12.2 Å². The van der Waals surface area contributed by atoms with Gasteiger partial charge in [0.1, 0.15) is 0 Å². The Balaban J connectivity index is 1.83. The first kappa shape index (κ1) is 22.3. The second-order valence-corrected chi connectivity index (χ2v) is 7.58. The molecule has 0 saturated heterocycles. The van der Waals surface area contributed by atoms with Crippen molar-refractivity contribution in [2.24, 2.45) is 0 Å². The molecular weight excluding hydrogens is 372 g/mol. The van der Waals surface area contributed by atoms with Gasteiger partial charge in [-0.25, -0.2) is 9.97 Å². The fraction of sp³-hybridized carbons (Fsp3) is 0.619. The quantitative estimate of drug-likeness (QED) is 0.382. The Morgan fingerprint density at radius 2 is 1.64 bits per heavy atom. The largest absolute Gasteiger partial charge is 0.467 e. The number of aryl methyl sites for hydroxylation is 1. The zero-order valence-electron chi connectivity index (χ0n) is 17.1. The highest BCUT2D eigenvalue weighted by molar-refractivity contribution is 7.71. The number of unbranched alkanes of at least 4 members (excludes halogenated alkanes) is 8. The molecule has 154 valence electrons. The molecule has 0 aliphatic rings. The van der Waals surface area contributed by atoms with Gasteiger partial charge in [0.25, 0.3) is 5.56 Å². The van der Waals surface area contributed by atoms with Crippen LogP contribution in [0.5, 0.6) is 6.01 Å². The third-order valence-corrected chi connectivity index (χ3v) is 5.18. The van der Waals surface area contributed by atoms with Gasteiger partial charge in [-0.3, -0.25) is 9.78 Å². The first-order chi connectivity index (χ1) is 13.6. The van der Waals surface area contributed by atoms with E-state index >= 15 is 0 Å². The number of nitrogens with one attached hydrogen (secondary N) is 1. The Hall–Kier alpha value is -2.02. The van der Waals surface area contributed by atoms with E-state index in [1.54, 1.807) is 12.4 Å². The van der Waals surface area contributed by atoms with Crippen molar-refractivity contribution < 1.29 is 4.74 Å². The maximum atomic E-state index is 12.2. The highest BCUT2D eigenvalue weighted by atomic mass is 32.1.